The molecule has 1 atom stereocenters. The van der Waals surface area contributed by atoms with Crippen molar-refractivity contribution < 1.29 is 14.7 Å². The predicted octanol–water partition coefficient (Wildman–Crippen LogP) is 2.25. The van der Waals surface area contributed by atoms with Crippen molar-refractivity contribution in [2.45, 2.75) is 46.0 Å². The Morgan fingerprint density at radius 1 is 1.23 bits per heavy atom. The van der Waals surface area contributed by atoms with Gasteiger partial charge in [-0.15, -0.1) is 0 Å². The van der Waals surface area contributed by atoms with Crippen LogP contribution in [-0.4, -0.2) is 16.9 Å². The van der Waals surface area contributed by atoms with Crippen molar-refractivity contribution >= 4 is 11.8 Å². The maximum atomic E-state index is 10.6. The molecule has 3 nitrogen and oxygen atoms in total. The summed E-state index contributed by atoms with van der Waals surface area (Å²) in [5, 5.41) is 8.57. The predicted molar refractivity (Wildman–Crippen MR) is 50.6 cm³/mol. The number of Topliss-reactive ketones (excluding diaryl/α,β-unsaturated/α-hetero) is 1. The molecule has 0 radical (unpaired) electrons. The molecule has 0 bridgehead atoms. The normalized spacial score (nSPS) is 12.5. The average Bonchev–Trinajstić information content (AvgIpc) is 2.02. The Morgan fingerprint density at radius 3 is 2.31 bits per heavy atom. The molecule has 0 saturated heterocycles. The first-order valence-electron chi connectivity index (χ1n) is 4.76. The van der Waals surface area contributed by atoms with Crippen molar-refractivity contribution in [2.24, 2.45) is 5.92 Å². The number of carbonyl (C=O) groups is 2. The Labute approximate surface area is 79.1 Å². The standard InChI is InChI=1S/C10H18O3/c1-8(10(12)13)6-4-3-5-7-9(2)11/h8H,3-7H2,1-2H3,(H,12,13). The van der Waals surface area contributed by atoms with Gasteiger partial charge in [-0.25, -0.2) is 0 Å². The van der Waals surface area contributed by atoms with Crippen LogP contribution >= 0.6 is 0 Å². The van der Waals surface area contributed by atoms with E-state index < -0.39 is 5.97 Å². The van der Waals surface area contributed by atoms with E-state index in [-0.39, 0.29) is 11.7 Å². The van der Waals surface area contributed by atoms with E-state index in [2.05, 4.69) is 0 Å². The lowest BCUT2D eigenvalue weighted by Crippen LogP contribution is -2.08. The van der Waals surface area contributed by atoms with Gasteiger partial charge in [-0.1, -0.05) is 19.8 Å². The molecule has 1 N–H and O–H groups in total. The summed E-state index contributed by atoms with van der Waals surface area (Å²) in [6.45, 7) is 3.30. The molecule has 0 rings (SSSR count). The number of hydrogen-bond acceptors (Lipinski definition) is 2. The fraction of sp³-hybridized carbons (Fsp3) is 0.800. The van der Waals surface area contributed by atoms with E-state index in [1.807, 2.05) is 0 Å². The van der Waals surface area contributed by atoms with E-state index in [0.29, 0.717) is 12.8 Å². The highest BCUT2D eigenvalue weighted by Gasteiger charge is 2.09. The molecular weight excluding hydrogens is 168 g/mol. The third-order valence-electron chi connectivity index (χ3n) is 2.09. The minimum absolute atomic E-state index is 0.214. The zero-order valence-electron chi connectivity index (χ0n) is 8.38. The van der Waals surface area contributed by atoms with Crippen LogP contribution in [0.25, 0.3) is 0 Å². The first-order valence-corrected chi connectivity index (χ1v) is 4.76. The number of rotatable bonds is 7. The summed E-state index contributed by atoms with van der Waals surface area (Å²) in [6, 6.07) is 0. The first-order chi connectivity index (χ1) is 6.04. The summed E-state index contributed by atoms with van der Waals surface area (Å²) in [5.74, 6) is -0.768. The Kier molecular flexibility index (Phi) is 6.20. The van der Waals surface area contributed by atoms with Crippen molar-refractivity contribution in [2.75, 3.05) is 0 Å². The average molecular weight is 186 g/mol. The maximum absolute atomic E-state index is 10.6. The smallest absolute Gasteiger partial charge is 0.306 e. The van der Waals surface area contributed by atoms with E-state index in [0.717, 1.165) is 19.3 Å². The van der Waals surface area contributed by atoms with Crippen molar-refractivity contribution in [1.82, 2.24) is 0 Å². The van der Waals surface area contributed by atoms with E-state index >= 15 is 0 Å². The summed E-state index contributed by atoms with van der Waals surface area (Å²) in [7, 11) is 0. The van der Waals surface area contributed by atoms with Gasteiger partial charge in [0.05, 0.1) is 5.92 Å². The Bertz CT molecular complexity index is 175. The second-order valence-electron chi connectivity index (χ2n) is 3.54. The summed E-state index contributed by atoms with van der Waals surface area (Å²) in [4.78, 5) is 21.0. The molecule has 0 aliphatic rings. The van der Waals surface area contributed by atoms with Crippen LogP contribution in [-0.2, 0) is 9.59 Å². The lowest BCUT2D eigenvalue weighted by Gasteiger charge is -2.04. The minimum Gasteiger partial charge on any atom is -0.481 e. The molecule has 0 aromatic heterocycles. The zero-order chi connectivity index (χ0) is 10.3. The van der Waals surface area contributed by atoms with E-state index in [4.69, 9.17) is 5.11 Å². The van der Waals surface area contributed by atoms with Crippen molar-refractivity contribution in [1.29, 1.82) is 0 Å². The van der Waals surface area contributed by atoms with Gasteiger partial charge in [0, 0.05) is 6.42 Å². The second-order valence-corrected chi connectivity index (χ2v) is 3.54. The molecule has 0 saturated carbocycles. The Hall–Kier alpha value is -0.860. The third-order valence-corrected chi connectivity index (χ3v) is 2.09. The van der Waals surface area contributed by atoms with Crippen LogP contribution in [0.15, 0.2) is 0 Å². The molecule has 0 amide bonds. The molecule has 0 aromatic carbocycles. The van der Waals surface area contributed by atoms with Gasteiger partial charge in [0.25, 0.3) is 0 Å². The molecule has 0 aromatic rings. The van der Waals surface area contributed by atoms with Crippen LogP contribution in [0, 0.1) is 5.92 Å². The second kappa shape index (κ2) is 6.63. The number of carboxylic acid groups (broad SMARTS) is 1. The molecule has 13 heavy (non-hydrogen) atoms. The molecule has 0 heterocycles. The monoisotopic (exact) mass is 186 g/mol. The molecule has 0 spiro atoms. The summed E-state index contributed by atoms with van der Waals surface area (Å²) < 4.78 is 0. The van der Waals surface area contributed by atoms with Crippen molar-refractivity contribution in [3.63, 3.8) is 0 Å². The lowest BCUT2D eigenvalue weighted by atomic mass is 10.0. The van der Waals surface area contributed by atoms with Gasteiger partial charge >= 0.3 is 5.97 Å². The van der Waals surface area contributed by atoms with Crippen LogP contribution in [0.1, 0.15) is 46.0 Å². The van der Waals surface area contributed by atoms with Crippen LogP contribution in [0.3, 0.4) is 0 Å². The zero-order valence-corrected chi connectivity index (χ0v) is 8.38. The summed E-state index contributed by atoms with van der Waals surface area (Å²) in [6.07, 6.45) is 4.09. The van der Waals surface area contributed by atoms with Gasteiger partial charge in [0.15, 0.2) is 0 Å². The van der Waals surface area contributed by atoms with Crippen molar-refractivity contribution in [3.8, 4) is 0 Å². The Balaban J connectivity index is 3.26. The fourth-order valence-corrected chi connectivity index (χ4v) is 1.12. The Morgan fingerprint density at radius 2 is 1.85 bits per heavy atom. The number of aliphatic carboxylic acids is 1. The van der Waals surface area contributed by atoms with Gasteiger partial charge < -0.3 is 9.90 Å². The van der Waals surface area contributed by atoms with Crippen LogP contribution < -0.4 is 0 Å². The van der Waals surface area contributed by atoms with E-state index in [9.17, 15) is 9.59 Å². The molecule has 0 aliphatic carbocycles. The van der Waals surface area contributed by atoms with E-state index in [1.54, 1.807) is 13.8 Å². The van der Waals surface area contributed by atoms with Crippen LogP contribution in [0.2, 0.25) is 0 Å². The van der Waals surface area contributed by atoms with Gasteiger partial charge in [-0.05, 0) is 19.8 Å². The van der Waals surface area contributed by atoms with Crippen molar-refractivity contribution in [3.05, 3.63) is 0 Å². The van der Waals surface area contributed by atoms with Gasteiger partial charge in [-0.2, -0.15) is 0 Å². The third kappa shape index (κ3) is 7.50. The number of carboxylic acids is 1. The maximum Gasteiger partial charge on any atom is 0.306 e. The molecule has 76 valence electrons. The van der Waals surface area contributed by atoms with E-state index in [1.165, 1.54) is 0 Å². The first kappa shape index (κ1) is 12.1. The lowest BCUT2D eigenvalue weighted by molar-refractivity contribution is -0.141. The number of carbonyl (C=O) groups excluding carboxylic acids is 1. The highest BCUT2D eigenvalue weighted by Crippen LogP contribution is 2.10. The van der Waals surface area contributed by atoms with Crippen LogP contribution in [0.5, 0.6) is 0 Å². The molecule has 1 unspecified atom stereocenters. The summed E-state index contributed by atoms with van der Waals surface area (Å²) in [5.41, 5.74) is 0. The highest BCUT2D eigenvalue weighted by molar-refractivity contribution is 5.75. The van der Waals surface area contributed by atoms with Crippen LogP contribution in [0.4, 0.5) is 0 Å². The molecule has 0 fully saturated rings. The minimum atomic E-state index is -0.730. The fourth-order valence-electron chi connectivity index (χ4n) is 1.12. The summed E-state index contributed by atoms with van der Waals surface area (Å²) >= 11 is 0. The molecule has 3 heteroatoms. The van der Waals surface area contributed by atoms with Gasteiger partial charge in [0.1, 0.15) is 5.78 Å². The number of ketones is 1. The molecule has 0 aliphatic heterocycles. The SMILES string of the molecule is CC(=O)CCCCCC(C)C(=O)O. The van der Waals surface area contributed by atoms with Gasteiger partial charge in [-0.3, -0.25) is 4.79 Å². The quantitative estimate of drug-likeness (QED) is 0.620. The highest BCUT2D eigenvalue weighted by atomic mass is 16.4. The van der Waals surface area contributed by atoms with Gasteiger partial charge in [0.2, 0.25) is 0 Å². The largest absolute Gasteiger partial charge is 0.481 e. The number of hydrogen-bond donors (Lipinski definition) is 1. The number of unbranched alkanes of at least 4 members (excludes halogenated alkanes) is 2. The topological polar surface area (TPSA) is 54.4 Å². The molecular formula is C10H18O3.